The van der Waals surface area contributed by atoms with Crippen molar-refractivity contribution >= 4 is 70.4 Å². The molecule has 0 saturated heterocycles. The summed E-state index contributed by atoms with van der Waals surface area (Å²) >= 11 is 12.5. The van der Waals surface area contributed by atoms with Crippen LogP contribution in [0.4, 0.5) is 0 Å². The van der Waals surface area contributed by atoms with Gasteiger partial charge in [-0.1, -0.05) is 72.1 Å². The minimum atomic E-state index is 0.934. The summed E-state index contributed by atoms with van der Waals surface area (Å²) in [5.41, 5.74) is 5.30. The highest BCUT2D eigenvalue weighted by molar-refractivity contribution is 14.1. The van der Waals surface area contributed by atoms with Gasteiger partial charge in [0, 0.05) is 16.0 Å². The van der Waals surface area contributed by atoms with Crippen molar-refractivity contribution in [1.29, 1.82) is 0 Å². The Labute approximate surface area is 249 Å². The van der Waals surface area contributed by atoms with Crippen LogP contribution in [-0.4, -0.2) is 37.3 Å². The number of halogens is 4. The number of methoxy groups -OCH3 is 3. The van der Waals surface area contributed by atoms with Crippen LogP contribution >= 0.6 is 70.4 Å². The Balaban J connectivity index is 0.000000263. The number of benzene rings is 3. The molecular weight excluding hydrogens is 751 g/mol. The van der Waals surface area contributed by atoms with Crippen LogP contribution in [0.15, 0.2) is 60.7 Å². The van der Waals surface area contributed by atoms with Crippen LogP contribution in [0.5, 0.6) is 17.2 Å². The van der Waals surface area contributed by atoms with E-state index in [1.165, 1.54) is 22.3 Å². The predicted molar refractivity (Wildman–Crippen MR) is 169 cm³/mol. The Kier molecular flexibility index (Phi) is 17.8. The van der Waals surface area contributed by atoms with E-state index in [1.54, 1.807) is 21.3 Å². The molecule has 0 aliphatic rings. The lowest BCUT2D eigenvalue weighted by atomic mass is 10.1. The third-order valence-electron chi connectivity index (χ3n) is 5.04. The van der Waals surface area contributed by atoms with Gasteiger partial charge in [-0.05, 0) is 107 Å². The quantitative estimate of drug-likeness (QED) is 0.161. The molecular formula is C28H34Br3IO3. The Bertz CT molecular complexity index is 999. The van der Waals surface area contributed by atoms with Gasteiger partial charge in [0.2, 0.25) is 0 Å². The van der Waals surface area contributed by atoms with Gasteiger partial charge in [0.15, 0.2) is 0 Å². The molecule has 0 N–H and O–H groups in total. The van der Waals surface area contributed by atoms with E-state index in [-0.39, 0.29) is 0 Å². The summed E-state index contributed by atoms with van der Waals surface area (Å²) in [6.45, 7) is 2.12. The van der Waals surface area contributed by atoms with E-state index in [1.807, 2.05) is 18.2 Å². The largest absolute Gasteiger partial charge is 0.497 e. The lowest BCUT2D eigenvalue weighted by Crippen LogP contribution is -1.92. The van der Waals surface area contributed by atoms with Crippen molar-refractivity contribution < 1.29 is 14.2 Å². The monoisotopic (exact) mass is 782 g/mol. The fourth-order valence-corrected chi connectivity index (χ4v) is 4.95. The first-order valence-electron chi connectivity index (χ1n) is 11.2. The lowest BCUT2D eigenvalue weighted by molar-refractivity contribution is 0.411. The van der Waals surface area contributed by atoms with Crippen LogP contribution in [0.2, 0.25) is 0 Å². The summed E-state index contributed by atoms with van der Waals surface area (Å²) in [6, 6.07) is 20.6. The van der Waals surface area contributed by atoms with Crippen molar-refractivity contribution in [3.05, 3.63) is 86.5 Å². The minimum absolute atomic E-state index is 0.934. The Morgan fingerprint density at radius 1 is 0.657 bits per heavy atom. The molecule has 7 heteroatoms. The molecule has 0 heterocycles. The van der Waals surface area contributed by atoms with Crippen molar-refractivity contribution in [3.63, 3.8) is 0 Å². The first-order valence-corrected chi connectivity index (χ1v) is 15.6. The summed E-state index contributed by atoms with van der Waals surface area (Å²) in [5.74, 6) is 2.84. The summed E-state index contributed by atoms with van der Waals surface area (Å²) in [4.78, 5) is 0. The number of ether oxygens (including phenoxy) is 3. The highest BCUT2D eigenvalue weighted by atomic mass is 127. The van der Waals surface area contributed by atoms with Crippen molar-refractivity contribution in [2.75, 3.05) is 37.3 Å². The molecule has 0 amide bonds. The summed E-state index contributed by atoms with van der Waals surface area (Å²) < 4.78 is 16.6. The van der Waals surface area contributed by atoms with Gasteiger partial charge in [0.1, 0.15) is 17.2 Å². The number of alkyl halides is 3. The van der Waals surface area contributed by atoms with Crippen LogP contribution in [0, 0.1) is 10.5 Å². The first kappa shape index (κ1) is 32.3. The molecule has 3 rings (SSSR count). The van der Waals surface area contributed by atoms with Crippen molar-refractivity contribution in [2.24, 2.45) is 0 Å². The maximum atomic E-state index is 5.21. The number of hydrogen-bond donors (Lipinski definition) is 0. The minimum Gasteiger partial charge on any atom is -0.497 e. The Morgan fingerprint density at radius 3 is 1.83 bits per heavy atom. The number of hydrogen-bond acceptors (Lipinski definition) is 3. The maximum absolute atomic E-state index is 5.21. The highest BCUT2D eigenvalue weighted by Crippen LogP contribution is 2.22. The average Bonchev–Trinajstić information content (AvgIpc) is 2.88. The number of rotatable bonds is 9. The molecule has 0 spiro atoms. The zero-order valence-electron chi connectivity index (χ0n) is 20.8. The molecule has 0 aromatic heterocycles. The molecule has 0 aliphatic carbocycles. The Hall–Kier alpha value is -0.770. The molecule has 35 heavy (non-hydrogen) atoms. The molecule has 0 aliphatic heterocycles. The van der Waals surface area contributed by atoms with Crippen LogP contribution in [0.1, 0.15) is 22.3 Å². The van der Waals surface area contributed by atoms with Crippen LogP contribution in [-0.2, 0) is 19.3 Å². The van der Waals surface area contributed by atoms with Crippen LogP contribution in [0.3, 0.4) is 0 Å². The third kappa shape index (κ3) is 12.8. The van der Waals surface area contributed by atoms with Crippen LogP contribution in [0.25, 0.3) is 0 Å². The van der Waals surface area contributed by atoms with E-state index >= 15 is 0 Å². The fourth-order valence-electron chi connectivity index (χ4n) is 3.05. The molecule has 0 bridgehead atoms. The van der Waals surface area contributed by atoms with Crippen molar-refractivity contribution in [1.82, 2.24) is 0 Å². The molecule has 0 radical (unpaired) electrons. The second-order valence-electron chi connectivity index (χ2n) is 7.43. The summed E-state index contributed by atoms with van der Waals surface area (Å²) in [6.07, 6.45) is 3.16. The molecule has 3 nitrogen and oxygen atoms in total. The zero-order chi connectivity index (χ0) is 26.1. The summed E-state index contributed by atoms with van der Waals surface area (Å²) in [7, 11) is 5.09. The molecule has 0 atom stereocenters. The van der Waals surface area contributed by atoms with Crippen molar-refractivity contribution in [2.45, 2.75) is 26.2 Å². The standard InChI is InChI=1S/C10H13BrO.C9H10BrIO.C9H11BrO/c1-8-3-4-10(12-2)7-9(8)5-6-11;1-12-9-6-7(4-5-10)2-3-8(9)11;1-11-9-4-2-3-8(7-9)5-6-10/h3-4,7H,5-6H2,1-2H3;2-3,6H,4-5H2,1H3;2-4,7H,5-6H2,1H3. The lowest BCUT2D eigenvalue weighted by Gasteiger charge is -2.06. The predicted octanol–water partition coefficient (Wildman–Crippen LogP) is 8.81. The fraction of sp³-hybridized carbons (Fsp3) is 0.357. The van der Waals surface area contributed by atoms with Gasteiger partial charge in [0.05, 0.1) is 24.9 Å². The number of aryl methyl sites for hydroxylation is 4. The van der Waals surface area contributed by atoms with Gasteiger partial charge in [0.25, 0.3) is 0 Å². The highest BCUT2D eigenvalue weighted by Gasteiger charge is 2.00. The van der Waals surface area contributed by atoms with Gasteiger partial charge in [-0.3, -0.25) is 0 Å². The molecule has 0 fully saturated rings. The van der Waals surface area contributed by atoms with Gasteiger partial charge in [-0.25, -0.2) is 0 Å². The molecule has 3 aromatic rings. The summed E-state index contributed by atoms with van der Waals surface area (Å²) in [5, 5.41) is 3.00. The second kappa shape index (κ2) is 19.4. The third-order valence-corrected chi connectivity index (χ3v) is 7.12. The molecule has 0 saturated carbocycles. The Morgan fingerprint density at radius 2 is 1.26 bits per heavy atom. The van der Waals surface area contributed by atoms with E-state index < -0.39 is 0 Å². The SMILES string of the molecule is COc1cc(CCBr)ccc1I.COc1ccc(C)c(CCBr)c1.COc1cccc(CCBr)c1. The van der Waals surface area contributed by atoms with E-state index in [2.05, 4.69) is 120 Å². The second-order valence-corrected chi connectivity index (χ2v) is 11.0. The topological polar surface area (TPSA) is 27.7 Å². The molecule has 0 unspecified atom stereocenters. The first-order chi connectivity index (χ1) is 16.9. The van der Waals surface area contributed by atoms with E-state index in [0.29, 0.717) is 0 Å². The average molecular weight is 785 g/mol. The van der Waals surface area contributed by atoms with Gasteiger partial charge in [-0.15, -0.1) is 0 Å². The van der Waals surface area contributed by atoms with Gasteiger partial charge in [-0.2, -0.15) is 0 Å². The zero-order valence-corrected chi connectivity index (χ0v) is 27.7. The van der Waals surface area contributed by atoms with E-state index in [9.17, 15) is 0 Å². The molecule has 3 aromatic carbocycles. The van der Waals surface area contributed by atoms with E-state index in [0.717, 1.165) is 56.1 Å². The maximum Gasteiger partial charge on any atom is 0.132 e. The van der Waals surface area contributed by atoms with Gasteiger partial charge < -0.3 is 14.2 Å². The van der Waals surface area contributed by atoms with Crippen molar-refractivity contribution in [3.8, 4) is 17.2 Å². The molecule has 192 valence electrons. The normalized spacial score (nSPS) is 9.83. The van der Waals surface area contributed by atoms with E-state index in [4.69, 9.17) is 14.2 Å². The van der Waals surface area contributed by atoms with Crippen LogP contribution < -0.4 is 14.2 Å². The van der Waals surface area contributed by atoms with Gasteiger partial charge >= 0.3 is 0 Å². The smallest absolute Gasteiger partial charge is 0.132 e.